The van der Waals surface area contributed by atoms with Crippen molar-refractivity contribution in [1.29, 1.82) is 0 Å². The molecule has 4 nitrogen and oxygen atoms in total. The number of aryl methyl sites for hydroxylation is 1. The average molecular weight is 284 g/mol. The molecule has 2 aliphatic rings. The Morgan fingerprint density at radius 1 is 1.29 bits per heavy atom. The van der Waals surface area contributed by atoms with E-state index in [0.29, 0.717) is 6.42 Å². The van der Waals surface area contributed by atoms with Crippen molar-refractivity contribution in [3.63, 3.8) is 0 Å². The third-order valence-corrected chi connectivity index (χ3v) is 4.42. The Labute approximate surface area is 124 Å². The zero-order valence-electron chi connectivity index (χ0n) is 12.4. The number of nitrogens with one attached hydrogen (secondary N) is 1. The predicted molar refractivity (Wildman–Crippen MR) is 81.4 cm³/mol. The van der Waals surface area contributed by atoms with Crippen molar-refractivity contribution in [1.82, 2.24) is 4.90 Å². The number of allylic oxidation sites excluding steroid dienone is 2. The number of rotatable bonds is 3. The number of likely N-dealkylation sites (tertiary alicyclic amines) is 1. The number of amides is 2. The molecule has 1 aromatic rings. The molecule has 2 amide bonds. The van der Waals surface area contributed by atoms with Gasteiger partial charge >= 0.3 is 0 Å². The smallest absolute Gasteiger partial charge is 0.235 e. The molecule has 1 aliphatic carbocycles. The number of anilines is 1. The molecule has 1 heterocycles. The highest BCUT2D eigenvalue weighted by molar-refractivity contribution is 6.05. The number of benzene rings is 1. The summed E-state index contributed by atoms with van der Waals surface area (Å²) in [5.41, 5.74) is 2.07. The van der Waals surface area contributed by atoms with Crippen LogP contribution < -0.4 is 5.32 Å². The summed E-state index contributed by atoms with van der Waals surface area (Å²) in [4.78, 5) is 26.3. The van der Waals surface area contributed by atoms with E-state index in [1.807, 2.05) is 50.3 Å². The first-order chi connectivity index (χ1) is 10.1. The molecular weight excluding hydrogens is 264 g/mol. The molecule has 1 saturated heterocycles. The maximum Gasteiger partial charge on any atom is 0.235 e. The second-order valence-corrected chi connectivity index (χ2v) is 5.96. The summed E-state index contributed by atoms with van der Waals surface area (Å²) in [7, 11) is 0. The summed E-state index contributed by atoms with van der Waals surface area (Å²) in [6, 6.07) is 7.91. The average Bonchev–Trinajstić information content (AvgIpc) is 2.70. The summed E-state index contributed by atoms with van der Waals surface area (Å²) >= 11 is 0. The van der Waals surface area contributed by atoms with E-state index >= 15 is 0 Å². The molecule has 0 saturated carbocycles. The monoisotopic (exact) mass is 284 g/mol. The maximum absolute atomic E-state index is 12.5. The van der Waals surface area contributed by atoms with Gasteiger partial charge in [-0.3, -0.25) is 14.5 Å². The van der Waals surface area contributed by atoms with Crippen molar-refractivity contribution < 1.29 is 9.59 Å². The largest absolute Gasteiger partial charge is 0.367 e. The SMILES string of the molecule is Cc1cccc(NCN2C(=O)[C@H]3[C@@H](C)C=CC[C@H]3C2=O)c1. The van der Waals surface area contributed by atoms with Gasteiger partial charge in [0.2, 0.25) is 11.8 Å². The normalized spacial score (nSPS) is 27.9. The van der Waals surface area contributed by atoms with E-state index in [9.17, 15) is 9.59 Å². The second-order valence-electron chi connectivity index (χ2n) is 5.96. The molecule has 1 fully saturated rings. The van der Waals surface area contributed by atoms with Crippen LogP contribution in [0.4, 0.5) is 5.69 Å². The van der Waals surface area contributed by atoms with E-state index in [1.54, 1.807) is 0 Å². The number of imide groups is 1. The molecule has 4 heteroatoms. The Balaban J connectivity index is 1.72. The Kier molecular flexibility index (Phi) is 3.53. The molecule has 0 unspecified atom stereocenters. The van der Waals surface area contributed by atoms with Gasteiger partial charge in [0.15, 0.2) is 0 Å². The van der Waals surface area contributed by atoms with E-state index in [1.165, 1.54) is 4.90 Å². The molecule has 1 N–H and O–H groups in total. The number of fused-ring (bicyclic) bond motifs is 1. The van der Waals surface area contributed by atoms with Crippen molar-refractivity contribution in [3.8, 4) is 0 Å². The minimum Gasteiger partial charge on any atom is -0.367 e. The summed E-state index contributed by atoms with van der Waals surface area (Å²) in [5.74, 6) is -0.286. The van der Waals surface area contributed by atoms with E-state index in [-0.39, 0.29) is 36.2 Å². The highest BCUT2D eigenvalue weighted by Crippen LogP contribution is 2.38. The minimum absolute atomic E-state index is 0.0398. The van der Waals surface area contributed by atoms with Crippen LogP contribution >= 0.6 is 0 Å². The Morgan fingerprint density at radius 2 is 2.10 bits per heavy atom. The molecule has 3 atom stereocenters. The van der Waals surface area contributed by atoms with E-state index < -0.39 is 0 Å². The fourth-order valence-corrected chi connectivity index (χ4v) is 3.29. The summed E-state index contributed by atoms with van der Waals surface area (Å²) in [6.07, 6.45) is 4.75. The van der Waals surface area contributed by atoms with E-state index in [2.05, 4.69) is 5.32 Å². The molecule has 1 aromatic carbocycles. The lowest BCUT2D eigenvalue weighted by molar-refractivity contribution is -0.139. The zero-order valence-corrected chi connectivity index (χ0v) is 12.4. The third kappa shape index (κ3) is 2.46. The van der Waals surface area contributed by atoms with Crippen LogP contribution in [0, 0.1) is 24.7 Å². The number of hydrogen-bond donors (Lipinski definition) is 1. The molecule has 0 bridgehead atoms. The zero-order chi connectivity index (χ0) is 15.0. The molecule has 0 spiro atoms. The summed E-state index contributed by atoms with van der Waals surface area (Å²) in [5, 5.41) is 3.18. The first-order valence-electron chi connectivity index (χ1n) is 7.40. The van der Waals surface area contributed by atoms with Crippen LogP contribution in [0.25, 0.3) is 0 Å². The number of hydrogen-bond acceptors (Lipinski definition) is 3. The van der Waals surface area contributed by atoms with Crippen molar-refractivity contribution in [2.24, 2.45) is 17.8 Å². The van der Waals surface area contributed by atoms with Crippen LogP contribution in [0.2, 0.25) is 0 Å². The van der Waals surface area contributed by atoms with Crippen LogP contribution in [0.5, 0.6) is 0 Å². The fourth-order valence-electron chi connectivity index (χ4n) is 3.29. The predicted octanol–water partition coefficient (Wildman–Crippen LogP) is 2.56. The lowest BCUT2D eigenvalue weighted by Crippen LogP contribution is -2.36. The summed E-state index contributed by atoms with van der Waals surface area (Å²) in [6.45, 7) is 4.27. The fraction of sp³-hybridized carbons (Fsp3) is 0.412. The van der Waals surface area contributed by atoms with Gasteiger partial charge in [-0.25, -0.2) is 0 Å². The van der Waals surface area contributed by atoms with Gasteiger partial charge in [0.05, 0.1) is 18.5 Å². The molecular formula is C17H20N2O2. The quantitative estimate of drug-likeness (QED) is 0.685. The second kappa shape index (κ2) is 5.35. The van der Waals surface area contributed by atoms with Gasteiger partial charge in [0.1, 0.15) is 0 Å². The molecule has 110 valence electrons. The van der Waals surface area contributed by atoms with Crippen LogP contribution in [0.1, 0.15) is 18.9 Å². The van der Waals surface area contributed by atoms with E-state index in [4.69, 9.17) is 0 Å². The van der Waals surface area contributed by atoms with Crippen LogP contribution in [-0.2, 0) is 9.59 Å². The van der Waals surface area contributed by atoms with Crippen molar-refractivity contribution >= 4 is 17.5 Å². The standard InChI is InChI=1S/C17H20N2O2/c1-11-5-3-7-13(9-11)18-10-19-16(20)14-8-4-6-12(2)15(14)17(19)21/h3-7,9,12,14-15,18H,8,10H2,1-2H3/t12-,14+,15-/m0/s1. The Hall–Kier alpha value is -2.10. The lowest BCUT2D eigenvalue weighted by Gasteiger charge is -2.22. The number of carbonyl (C=O) groups excluding carboxylic acids is 2. The first-order valence-corrected chi connectivity index (χ1v) is 7.40. The maximum atomic E-state index is 12.5. The topological polar surface area (TPSA) is 49.4 Å². The molecule has 3 rings (SSSR count). The van der Waals surface area contributed by atoms with Gasteiger partial charge in [-0.15, -0.1) is 0 Å². The van der Waals surface area contributed by atoms with Gasteiger partial charge in [-0.05, 0) is 37.0 Å². The van der Waals surface area contributed by atoms with Crippen LogP contribution in [0.15, 0.2) is 36.4 Å². The van der Waals surface area contributed by atoms with Gasteiger partial charge < -0.3 is 5.32 Å². The van der Waals surface area contributed by atoms with Crippen molar-refractivity contribution in [2.45, 2.75) is 20.3 Å². The highest BCUT2D eigenvalue weighted by atomic mass is 16.2. The van der Waals surface area contributed by atoms with E-state index in [0.717, 1.165) is 11.3 Å². The van der Waals surface area contributed by atoms with Gasteiger partial charge in [0, 0.05) is 5.69 Å². The van der Waals surface area contributed by atoms with Gasteiger partial charge in [0.25, 0.3) is 0 Å². The van der Waals surface area contributed by atoms with Gasteiger partial charge in [-0.2, -0.15) is 0 Å². The molecule has 21 heavy (non-hydrogen) atoms. The van der Waals surface area contributed by atoms with Crippen molar-refractivity contribution in [2.75, 3.05) is 12.0 Å². The minimum atomic E-state index is -0.179. The van der Waals surface area contributed by atoms with Crippen LogP contribution in [0.3, 0.4) is 0 Å². The van der Waals surface area contributed by atoms with Crippen LogP contribution in [-0.4, -0.2) is 23.4 Å². The molecule has 0 radical (unpaired) electrons. The molecule has 0 aromatic heterocycles. The lowest BCUT2D eigenvalue weighted by atomic mass is 9.78. The van der Waals surface area contributed by atoms with Crippen molar-refractivity contribution in [3.05, 3.63) is 42.0 Å². The Morgan fingerprint density at radius 3 is 2.81 bits per heavy atom. The first kappa shape index (κ1) is 13.9. The third-order valence-electron chi connectivity index (χ3n) is 4.42. The highest BCUT2D eigenvalue weighted by Gasteiger charge is 2.49. The Bertz CT molecular complexity index is 609. The van der Waals surface area contributed by atoms with Gasteiger partial charge in [-0.1, -0.05) is 31.2 Å². The number of nitrogens with zero attached hydrogens (tertiary/aromatic N) is 1. The molecule has 1 aliphatic heterocycles. The summed E-state index contributed by atoms with van der Waals surface area (Å²) < 4.78 is 0. The number of carbonyl (C=O) groups is 2.